The Morgan fingerprint density at radius 2 is 1.73 bits per heavy atom. The minimum absolute atomic E-state index is 0.0395. The lowest BCUT2D eigenvalue weighted by molar-refractivity contribution is -0.131. The molecule has 1 saturated heterocycles. The molecule has 4 rings (SSSR count). The minimum Gasteiger partial charge on any atom is -0.497 e. The van der Waals surface area contributed by atoms with E-state index in [0.717, 1.165) is 24.3 Å². The number of hydrogen-bond acceptors (Lipinski definition) is 7. The molecule has 0 saturated carbocycles. The van der Waals surface area contributed by atoms with Gasteiger partial charge in [0.05, 0.1) is 19.9 Å². The number of rotatable bonds is 9. The molecule has 3 aromatic rings. The van der Waals surface area contributed by atoms with E-state index in [2.05, 4.69) is 15.1 Å². The summed E-state index contributed by atoms with van der Waals surface area (Å²) < 4.78 is 10.8. The van der Waals surface area contributed by atoms with Gasteiger partial charge in [-0.3, -0.25) is 9.59 Å². The molecule has 0 unspecified atom stereocenters. The third kappa shape index (κ3) is 7.21. The molecule has 40 heavy (non-hydrogen) atoms. The van der Waals surface area contributed by atoms with Gasteiger partial charge in [-0.1, -0.05) is 25.4 Å². The van der Waals surface area contributed by atoms with E-state index in [4.69, 9.17) is 21.1 Å². The molecule has 0 radical (unpaired) electrons. The number of hydrogen-bond donors (Lipinski definition) is 0. The van der Waals surface area contributed by atoms with E-state index in [1.165, 1.54) is 0 Å². The second-order valence-electron chi connectivity index (χ2n) is 10.2. The number of amides is 2. The van der Waals surface area contributed by atoms with Crippen molar-refractivity contribution in [3.05, 3.63) is 65.2 Å². The number of methoxy groups -OCH3 is 2. The van der Waals surface area contributed by atoms with Crippen LogP contribution in [0.15, 0.2) is 54.6 Å². The molecule has 0 N–H and O–H groups in total. The number of anilines is 1. The summed E-state index contributed by atoms with van der Waals surface area (Å²) in [5.74, 6) is 2.12. The molecule has 2 amide bonds. The molecular formula is C30H36ClN5O4. The summed E-state index contributed by atoms with van der Waals surface area (Å²) in [4.78, 5) is 32.1. The third-order valence-electron chi connectivity index (χ3n) is 6.80. The Balaban J connectivity index is 1.40. The van der Waals surface area contributed by atoms with E-state index in [9.17, 15) is 9.59 Å². The van der Waals surface area contributed by atoms with Crippen molar-refractivity contribution in [2.24, 2.45) is 5.92 Å². The highest BCUT2D eigenvalue weighted by Crippen LogP contribution is 2.32. The van der Waals surface area contributed by atoms with Crippen molar-refractivity contribution in [3.63, 3.8) is 0 Å². The lowest BCUT2D eigenvalue weighted by atomic mass is 10.1. The Morgan fingerprint density at radius 1 is 0.950 bits per heavy atom. The van der Waals surface area contributed by atoms with Crippen LogP contribution in [0.4, 0.5) is 5.82 Å². The number of halogens is 1. The highest BCUT2D eigenvalue weighted by molar-refractivity contribution is 6.30. The van der Waals surface area contributed by atoms with Crippen LogP contribution in [0.25, 0.3) is 11.3 Å². The number of carbonyl (C=O) groups excluding carboxylic acids is 2. The predicted octanol–water partition coefficient (Wildman–Crippen LogP) is 4.65. The van der Waals surface area contributed by atoms with Crippen molar-refractivity contribution in [2.45, 2.75) is 20.3 Å². The van der Waals surface area contributed by atoms with Crippen LogP contribution >= 0.6 is 11.6 Å². The van der Waals surface area contributed by atoms with Gasteiger partial charge in [0, 0.05) is 54.9 Å². The maximum atomic E-state index is 13.3. The average Bonchev–Trinajstić information content (AvgIpc) is 3.23. The van der Waals surface area contributed by atoms with Crippen LogP contribution in [0.5, 0.6) is 11.5 Å². The molecular weight excluding hydrogens is 530 g/mol. The first-order valence-corrected chi connectivity index (χ1v) is 13.8. The second kappa shape index (κ2) is 13.5. The van der Waals surface area contributed by atoms with Crippen molar-refractivity contribution < 1.29 is 19.1 Å². The van der Waals surface area contributed by atoms with Gasteiger partial charge in [0.15, 0.2) is 5.82 Å². The van der Waals surface area contributed by atoms with Crippen molar-refractivity contribution in [1.29, 1.82) is 0 Å². The molecule has 0 atom stereocenters. The molecule has 0 spiro atoms. The first-order valence-electron chi connectivity index (χ1n) is 13.4. The zero-order valence-corrected chi connectivity index (χ0v) is 24.2. The molecule has 10 heteroatoms. The molecule has 1 fully saturated rings. The molecule has 1 aliphatic rings. The Bertz CT molecular complexity index is 1300. The van der Waals surface area contributed by atoms with E-state index >= 15 is 0 Å². The zero-order chi connectivity index (χ0) is 28.6. The SMILES string of the molecule is COc1ccc(-c2ccc(N3CCCN(C(=O)CN(CC(C)C)C(=O)c4ccc(Cl)cc4)CC3)nn2)c(OC)c1. The van der Waals surface area contributed by atoms with Gasteiger partial charge in [-0.05, 0) is 60.9 Å². The smallest absolute Gasteiger partial charge is 0.254 e. The van der Waals surface area contributed by atoms with Gasteiger partial charge in [-0.2, -0.15) is 0 Å². The molecule has 1 aromatic heterocycles. The van der Waals surface area contributed by atoms with E-state index in [1.807, 2.05) is 49.1 Å². The lowest BCUT2D eigenvalue weighted by Gasteiger charge is -2.28. The molecule has 9 nitrogen and oxygen atoms in total. The summed E-state index contributed by atoms with van der Waals surface area (Å²) in [7, 11) is 3.22. The minimum atomic E-state index is -0.168. The quantitative estimate of drug-likeness (QED) is 0.373. The number of nitrogens with zero attached hydrogens (tertiary/aromatic N) is 5. The molecule has 0 bridgehead atoms. The van der Waals surface area contributed by atoms with Crippen LogP contribution in [0.3, 0.4) is 0 Å². The monoisotopic (exact) mass is 565 g/mol. The average molecular weight is 566 g/mol. The number of ether oxygens (including phenoxy) is 2. The van der Waals surface area contributed by atoms with E-state index in [-0.39, 0.29) is 24.3 Å². The van der Waals surface area contributed by atoms with Crippen molar-refractivity contribution in [2.75, 3.05) is 58.4 Å². The summed E-state index contributed by atoms with van der Waals surface area (Å²) in [6.07, 6.45) is 0.788. The summed E-state index contributed by atoms with van der Waals surface area (Å²) in [5.41, 5.74) is 2.05. The second-order valence-corrected chi connectivity index (χ2v) is 10.6. The fourth-order valence-electron chi connectivity index (χ4n) is 4.74. The molecule has 212 valence electrons. The maximum Gasteiger partial charge on any atom is 0.254 e. The van der Waals surface area contributed by atoms with E-state index < -0.39 is 0 Å². The number of benzene rings is 2. The number of aromatic nitrogens is 2. The van der Waals surface area contributed by atoms with Crippen LogP contribution in [0.1, 0.15) is 30.6 Å². The summed E-state index contributed by atoms with van der Waals surface area (Å²) >= 11 is 5.99. The summed E-state index contributed by atoms with van der Waals surface area (Å²) in [6, 6.07) is 16.2. The zero-order valence-electron chi connectivity index (χ0n) is 23.5. The fraction of sp³-hybridized carbons (Fsp3) is 0.400. The van der Waals surface area contributed by atoms with Gasteiger partial charge in [0.25, 0.3) is 5.91 Å². The van der Waals surface area contributed by atoms with Crippen molar-refractivity contribution in [1.82, 2.24) is 20.0 Å². The predicted molar refractivity (Wildman–Crippen MR) is 156 cm³/mol. The van der Waals surface area contributed by atoms with E-state index in [1.54, 1.807) is 43.4 Å². The summed E-state index contributed by atoms with van der Waals surface area (Å²) in [5, 5.41) is 9.49. The van der Waals surface area contributed by atoms with Gasteiger partial charge in [0.2, 0.25) is 5.91 Å². The topological polar surface area (TPSA) is 88.1 Å². The Morgan fingerprint density at radius 3 is 2.38 bits per heavy atom. The largest absolute Gasteiger partial charge is 0.497 e. The first kappa shape index (κ1) is 29.1. The van der Waals surface area contributed by atoms with E-state index in [0.29, 0.717) is 54.0 Å². The van der Waals surface area contributed by atoms with Gasteiger partial charge < -0.3 is 24.2 Å². The highest BCUT2D eigenvalue weighted by atomic mass is 35.5. The van der Waals surface area contributed by atoms with Gasteiger partial charge in [-0.15, -0.1) is 10.2 Å². The van der Waals surface area contributed by atoms with Crippen molar-refractivity contribution >= 4 is 29.2 Å². The standard InChI is InChI=1S/C30H36ClN5O4/c1-21(2)19-36(30(38)22-6-8-23(31)9-7-22)20-29(37)35-15-5-14-34(16-17-35)28-13-12-26(32-33-28)25-11-10-24(39-3)18-27(25)40-4/h6-13,18,21H,5,14-17,19-20H2,1-4H3. The van der Waals surface area contributed by atoms with Crippen LogP contribution in [0, 0.1) is 5.92 Å². The number of carbonyl (C=O) groups is 2. The van der Waals surface area contributed by atoms with Gasteiger partial charge in [0.1, 0.15) is 18.0 Å². The normalized spacial score (nSPS) is 13.7. The molecule has 1 aliphatic heterocycles. The fourth-order valence-corrected chi connectivity index (χ4v) is 4.87. The molecule has 2 aromatic carbocycles. The molecule has 0 aliphatic carbocycles. The van der Waals surface area contributed by atoms with Gasteiger partial charge in [-0.25, -0.2) is 0 Å². The highest BCUT2D eigenvalue weighted by Gasteiger charge is 2.25. The third-order valence-corrected chi connectivity index (χ3v) is 7.05. The Kier molecular flexibility index (Phi) is 9.82. The first-order chi connectivity index (χ1) is 19.3. The summed E-state index contributed by atoms with van der Waals surface area (Å²) in [6.45, 7) is 7.14. The van der Waals surface area contributed by atoms with Gasteiger partial charge >= 0.3 is 0 Å². The van der Waals surface area contributed by atoms with Crippen LogP contribution in [-0.4, -0.2) is 85.3 Å². The van der Waals surface area contributed by atoms with Crippen molar-refractivity contribution in [3.8, 4) is 22.8 Å². The van der Waals surface area contributed by atoms with Crippen LogP contribution < -0.4 is 14.4 Å². The Hall–Kier alpha value is -3.85. The maximum absolute atomic E-state index is 13.3. The molecule has 2 heterocycles. The van der Waals surface area contributed by atoms with Crippen LogP contribution in [-0.2, 0) is 4.79 Å². The lowest BCUT2D eigenvalue weighted by Crippen LogP contribution is -2.45. The Labute approximate surface area is 240 Å². The van der Waals surface area contributed by atoms with Crippen LogP contribution in [0.2, 0.25) is 5.02 Å².